The highest BCUT2D eigenvalue weighted by molar-refractivity contribution is 5.77. The van der Waals surface area contributed by atoms with Gasteiger partial charge < -0.3 is 16.0 Å². The van der Waals surface area contributed by atoms with Crippen molar-refractivity contribution in [3.05, 3.63) is 71.7 Å². The first-order valence-electron chi connectivity index (χ1n) is 13.6. The lowest BCUT2D eigenvalue weighted by Crippen LogP contribution is -2.21. The molecular weight excluding hydrogens is 456 g/mol. The van der Waals surface area contributed by atoms with Crippen molar-refractivity contribution in [1.29, 1.82) is 0 Å². The first-order chi connectivity index (χ1) is 17.4. The standard InChI is InChI=1S/C14H21NO.C7H7F2N.C7H15N.C2H6/c1-2-3-4-9-12-14(16)15-13-10-7-5-6-8-11-13;8-6-3-1-2-5(10)4-7(6)9;1-8-6-4-2-3-5-7-8;1-2/h5-8,10H,2-4,9,11-12H2,1H3,(H,15,16);1,3-4H,2,10H2;2-7H2,1H3;1-2H3. The van der Waals surface area contributed by atoms with Crippen LogP contribution < -0.4 is 11.1 Å². The molecule has 0 unspecified atom stereocenters. The summed E-state index contributed by atoms with van der Waals surface area (Å²) in [7, 11) is 2.21. The number of amides is 1. The van der Waals surface area contributed by atoms with Gasteiger partial charge in [-0.2, -0.15) is 0 Å². The molecule has 1 heterocycles. The van der Waals surface area contributed by atoms with E-state index in [1.165, 1.54) is 57.7 Å². The number of nitrogens with two attached hydrogens (primary N) is 1. The molecule has 3 N–H and O–H groups in total. The minimum atomic E-state index is -0.897. The van der Waals surface area contributed by atoms with E-state index in [1.807, 2.05) is 44.2 Å². The number of carbonyl (C=O) groups excluding carboxylic acids is 1. The molecule has 3 rings (SSSR count). The van der Waals surface area contributed by atoms with Crippen LogP contribution in [0.2, 0.25) is 0 Å². The van der Waals surface area contributed by atoms with Gasteiger partial charge in [-0.3, -0.25) is 4.79 Å². The first kappa shape index (κ1) is 33.5. The van der Waals surface area contributed by atoms with Gasteiger partial charge in [0.2, 0.25) is 5.91 Å². The quantitative estimate of drug-likeness (QED) is 0.360. The number of nitrogens with one attached hydrogen (secondary N) is 1. The van der Waals surface area contributed by atoms with Crippen LogP contribution in [0.3, 0.4) is 0 Å². The summed E-state index contributed by atoms with van der Waals surface area (Å²) in [4.78, 5) is 14.0. The van der Waals surface area contributed by atoms with E-state index in [2.05, 4.69) is 24.2 Å². The molecule has 1 aliphatic heterocycles. The summed E-state index contributed by atoms with van der Waals surface area (Å²) < 4.78 is 24.7. The molecule has 36 heavy (non-hydrogen) atoms. The van der Waals surface area contributed by atoms with Crippen LogP contribution in [0, 0.1) is 0 Å². The van der Waals surface area contributed by atoms with Crippen molar-refractivity contribution < 1.29 is 13.6 Å². The van der Waals surface area contributed by atoms with E-state index in [1.54, 1.807) is 0 Å². The molecule has 0 aromatic heterocycles. The number of unbranched alkanes of at least 4 members (excludes halogenated alkanes) is 3. The van der Waals surface area contributed by atoms with Crippen molar-refractivity contribution in [3.63, 3.8) is 0 Å². The van der Waals surface area contributed by atoms with Gasteiger partial charge in [0.15, 0.2) is 11.7 Å². The summed E-state index contributed by atoms with van der Waals surface area (Å²) in [5.74, 6) is -1.61. The number of hydrogen-bond donors (Lipinski definition) is 2. The second-order valence-electron chi connectivity index (χ2n) is 8.81. The average molecular weight is 506 g/mol. The van der Waals surface area contributed by atoms with Gasteiger partial charge >= 0.3 is 0 Å². The Morgan fingerprint density at radius 1 is 0.944 bits per heavy atom. The zero-order valence-corrected chi connectivity index (χ0v) is 23.0. The molecule has 1 saturated heterocycles. The molecule has 4 nitrogen and oxygen atoms in total. The van der Waals surface area contributed by atoms with Crippen molar-refractivity contribution in [2.24, 2.45) is 5.73 Å². The summed E-state index contributed by atoms with van der Waals surface area (Å²) in [5, 5.41) is 2.96. The van der Waals surface area contributed by atoms with Crippen LogP contribution in [0.4, 0.5) is 8.78 Å². The van der Waals surface area contributed by atoms with Crippen LogP contribution in [-0.2, 0) is 4.79 Å². The van der Waals surface area contributed by atoms with E-state index in [0.29, 0.717) is 18.5 Å². The van der Waals surface area contributed by atoms with Gasteiger partial charge in [-0.15, -0.1) is 0 Å². The second-order valence-corrected chi connectivity index (χ2v) is 8.81. The number of rotatable bonds is 6. The highest BCUT2D eigenvalue weighted by atomic mass is 19.2. The van der Waals surface area contributed by atoms with Crippen molar-refractivity contribution in [1.82, 2.24) is 10.2 Å². The Morgan fingerprint density at radius 2 is 1.64 bits per heavy atom. The third kappa shape index (κ3) is 18.8. The summed E-state index contributed by atoms with van der Waals surface area (Å²) in [5.41, 5.74) is 6.58. The number of halogens is 2. The number of nitrogens with zero attached hydrogens (tertiary/aromatic N) is 1. The Labute approximate surface area is 218 Å². The molecule has 0 saturated carbocycles. The van der Waals surface area contributed by atoms with Crippen LogP contribution in [0.1, 0.15) is 91.4 Å². The van der Waals surface area contributed by atoms with Crippen molar-refractivity contribution in [2.75, 3.05) is 20.1 Å². The van der Waals surface area contributed by atoms with Crippen LogP contribution in [0.5, 0.6) is 0 Å². The topological polar surface area (TPSA) is 58.4 Å². The fourth-order valence-electron chi connectivity index (χ4n) is 3.52. The first-order valence-corrected chi connectivity index (χ1v) is 13.6. The highest BCUT2D eigenvalue weighted by Gasteiger charge is 2.04. The largest absolute Gasteiger partial charge is 0.402 e. The highest BCUT2D eigenvalue weighted by Crippen LogP contribution is 2.16. The molecule has 6 heteroatoms. The Bertz CT molecular complexity index is 771. The number of carbonyl (C=O) groups is 1. The SMILES string of the molecule is CC.CCCCCCC(=O)NC1=CC=CC=CC1.CN1CCCCCC1.NC1=CC(F)=C(F)C=CC1. The van der Waals surface area contributed by atoms with E-state index in [9.17, 15) is 13.6 Å². The minimum absolute atomic E-state index is 0.144. The van der Waals surface area contributed by atoms with Gasteiger partial charge in [0, 0.05) is 30.7 Å². The second kappa shape index (κ2) is 23.0. The lowest BCUT2D eigenvalue weighted by atomic mass is 10.1. The van der Waals surface area contributed by atoms with Gasteiger partial charge in [0.25, 0.3) is 0 Å². The molecule has 0 radical (unpaired) electrons. The molecular formula is C30H49F2N3O. The van der Waals surface area contributed by atoms with Gasteiger partial charge in [0.05, 0.1) is 0 Å². The van der Waals surface area contributed by atoms with Crippen LogP contribution in [-0.4, -0.2) is 30.9 Å². The predicted molar refractivity (Wildman–Crippen MR) is 150 cm³/mol. The van der Waals surface area contributed by atoms with E-state index in [-0.39, 0.29) is 5.91 Å². The maximum Gasteiger partial charge on any atom is 0.224 e. The Hall–Kier alpha value is -2.47. The molecule has 1 fully saturated rings. The minimum Gasteiger partial charge on any atom is -0.402 e. The average Bonchev–Trinajstić information content (AvgIpc) is 3.33. The molecule has 3 aliphatic rings. The molecule has 0 bridgehead atoms. The molecule has 0 aromatic rings. The summed E-state index contributed by atoms with van der Waals surface area (Å²) in [6.45, 7) is 8.81. The smallest absolute Gasteiger partial charge is 0.224 e. The zero-order chi connectivity index (χ0) is 27.0. The van der Waals surface area contributed by atoms with E-state index in [4.69, 9.17) is 5.73 Å². The van der Waals surface area contributed by atoms with Gasteiger partial charge in [-0.25, -0.2) is 8.78 Å². The van der Waals surface area contributed by atoms with Crippen molar-refractivity contribution >= 4 is 5.91 Å². The molecule has 204 valence electrons. The predicted octanol–water partition coefficient (Wildman–Crippen LogP) is 7.93. The monoisotopic (exact) mass is 505 g/mol. The Balaban J connectivity index is 0.000000525. The summed E-state index contributed by atoms with van der Waals surface area (Å²) in [6.07, 6.45) is 25.7. The van der Waals surface area contributed by atoms with Crippen molar-refractivity contribution in [3.8, 4) is 0 Å². The lowest BCUT2D eigenvalue weighted by Gasteiger charge is -2.10. The van der Waals surface area contributed by atoms with Gasteiger partial charge in [-0.05, 0) is 57.6 Å². The molecule has 0 spiro atoms. The van der Waals surface area contributed by atoms with E-state index < -0.39 is 11.7 Å². The lowest BCUT2D eigenvalue weighted by molar-refractivity contribution is -0.120. The maximum absolute atomic E-state index is 12.4. The zero-order valence-electron chi connectivity index (χ0n) is 23.0. The Morgan fingerprint density at radius 3 is 2.31 bits per heavy atom. The molecule has 1 amide bonds. The fourth-order valence-corrected chi connectivity index (χ4v) is 3.52. The third-order valence-corrected chi connectivity index (χ3v) is 5.54. The number of likely N-dealkylation sites (tertiary alicyclic amines) is 1. The molecule has 0 aromatic carbocycles. The van der Waals surface area contributed by atoms with Crippen LogP contribution >= 0.6 is 0 Å². The van der Waals surface area contributed by atoms with E-state index >= 15 is 0 Å². The fraction of sp³-hybridized carbons (Fsp3) is 0.567. The number of hydrogen-bond acceptors (Lipinski definition) is 3. The molecule has 0 atom stereocenters. The Kier molecular flexibility index (Phi) is 21.4. The summed E-state index contributed by atoms with van der Waals surface area (Å²) >= 11 is 0. The van der Waals surface area contributed by atoms with E-state index in [0.717, 1.165) is 37.1 Å². The van der Waals surface area contributed by atoms with Gasteiger partial charge in [-0.1, -0.05) is 83.3 Å². The summed E-state index contributed by atoms with van der Waals surface area (Å²) in [6, 6.07) is 0. The molecule has 2 aliphatic carbocycles. The van der Waals surface area contributed by atoms with Gasteiger partial charge in [0.1, 0.15) is 0 Å². The normalized spacial score (nSPS) is 17.4. The van der Waals surface area contributed by atoms with Crippen LogP contribution in [0.25, 0.3) is 0 Å². The van der Waals surface area contributed by atoms with Crippen molar-refractivity contribution in [2.45, 2.75) is 91.4 Å². The third-order valence-electron chi connectivity index (χ3n) is 5.54. The maximum atomic E-state index is 12.4. The number of allylic oxidation sites excluding steroid dienone is 10. The van der Waals surface area contributed by atoms with Crippen LogP contribution in [0.15, 0.2) is 71.7 Å².